The average Bonchev–Trinajstić information content (AvgIpc) is 1.88. The third-order valence-corrected chi connectivity index (χ3v) is 1.07. The van der Waals surface area contributed by atoms with Crippen molar-refractivity contribution in [2.45, 2.75) is 6.92 Å². The predicted molar refractivity (Wildman–Crippen MR) is 36.8 cm³/mol. The molecule has 0 saturated carbocycles. The molecule has 0 aromatic heterocycles. The first-order chi connectivity index (χ1) is 4.79. The number of ether oxygens (including phenoxy) is 1. The van der Waals surface area contributed by atoms with Crippen molar-refractivity contribution in [1.29, 1.82) is 0 Å². The van der Waals surface area contributed by atoms with Crippen LogP contribution in [-0.4, -0.2) is 17.2 Å². The Hall–Kier alpha value is -1.25. The molecule has 0 aromatic carbocycles. The molecule has 0 aliphatic carbocycles. The molecule has 0 spiro atoms. The molecule has 10 heavy (non-hydrogen) atoms. The lowest BCUT2D eigenvalue weighted by atomic mass is 10.4. The summed E-state index contributed by atoms with van der Waals surface area (Å²) in [6.45, 7) is 1.97. The van der Waals surface area contributed by atoms with Gasteiger partial charge in [-0.2, -0.15) is 0 Å². The molecule has 0 unspecified atom stereocenters. The molecule has 0 atom stereocenters. The summed E-state index contributed by atoms with van der Waals surface area (Å²) in [7, 11) is 0. The first-order valence-electron chi connectivity index (χ1n) is 3.03. The third kappa shape index (κ3) is 1.93. The Morgan fingerprint density at radius 2 is 2.10 bits per heavy atom. The van der Waals surface area contributed by atoms with Gasteiger partial charge in [-0.1, -0.05) is 0 Å². The fraction of sp³-hybridized carbons (Fsp3) is 0.286. The SMILES string of the molecule is CC(=O)CN1C=COC=C1. The van der Waals surface area contributed by atoms with Crippen LogP contribution in [0.2, 0.25) is 0 Å². The summed E-state index contributed by atoms with van der Waals surface area (Å²) in [5.41, 5.74) is 0. The second-order valence-electron chi connectivity index (χ2n) is 2.08. The van der Waals surface area contributed by atoms with Crippen LogP contribution in [0, 0.1) is 0 Å². The topological polar surface area (TPSA) is 29.5 Å². The Balaban J connectivity index is 2.40. The summed E-state index contributed by atoms with van der Waals surface area (Å²) in [5, 5.41) is 0. The maximum atomic E-state index is 10.6. The molecule has 3 nitrogen and oxygen atoms in total. The fourth-order valence-corrected chi connectivity index (χ4v) is 0.684. The van der Waals surface area contributed by atoms with Gasteiger partial charge in [0, 0.05) is 12.4 Å². The quantitative estimate of drug-likeness (QED) is 0.568. The first kappa shape index (κ1) is 6.86. The molecule has 0 bridgehead atoms. The van der Waals surface area contributed by atoms with Crippen LogP contribution in [0.1, 0.15) is 6.92 Å². The zero-order valence-electron chi connectivity index (χ0n) is 5.78. The number of rotatable bonds is 2. The summed E-state index contributed by atoms with van der Waals surface area (Å²) in [6.07, 6.45) is 6.48. The van der Waals surface area contributed by atoms with E-state index in [1.165, 1.54) is 12.5 Å². The van der Waals surface area contributed by atoms with Crippen molar-refractivity contribution in [2.24, 2.45) is 0 Å². The van der Waals surface area contributed by atoms with Gasteiger partial charge in [0.1, 0.15) is 18.3 Å². The van der Waals surface area contributed by atoms with Gasteiger partial charge in [-0.3, -0.25) is 4.79 Å². The lowest BCUT2D eigenvalue weighted by Crippen LogP contribution is -2.18. The van der Waals surface area contributed by atoms with E-state index in [4.69, 9.17) is 4.74 Å². The van der Waals surface area contributed by atoms with Crippen LogP contribution in [0.4, 0.5) is 0 Å². The summed E-state index contributed by atoms with van der Waals surface area (Å²) in [4.78, 5) is 12.3. The van der Waals surface area contributed by atoms with Crippen molar-refractivity contribution in [1.82, 2.24) is 4.90 Å². The highest BCUT2D eigenvalue weighted by Gasteiger charge is 2.00. The third-order valence-electron chi connectivity index (χ3n) is 1.07. The van der Waals surface area contributed by atoms with Crippen LogP contribution in [-0.2, 0) is 9.53 Å². The average molecular weight is 139 g/mol. The van der Waals surface area contributed by atoms with Crippen LogP contribution in [0.25, 0.3) is 0 Å². The molecule has 1 rings (SSSR count). The number of carbonyl (C=O) groups excluding carboxylic acids is 1. The van der Waals surface area contributed by atoms with Gasteiger partial charge in [-0.15, -0.1) is 0 Å². The second kappa shape index (κ2) is 3.06. The molecule has 1 aliphatic heterocycles. The number of nitrogens with zero attached hydrogens (tertiary/aromatic N) is 1. The Bertz CT molecular complexity index is 172. The first-order valence-corrected chi connectivity index (χ1v) is 3.03. The maximum Gasteiger partial charge on any atom is 0.149 e. The van der Waals surface area contributed by atoms with E-state index in [1.807, 2.05) is 0 Å². The van der Waals surface area contributed by atoms with Crippen LogP contribution >= 0.6 is 0 Å². The molecule has 54 valence electrons. The second-order valence-corrected chi connectivity index (χ2v) is 2.08. The van der Waals surface area contributed by atoms with Gasteiger partial charge in [0.15, 0.2) is 0 Å². The minimum Gasteiger partial charge on any atom is -0.470 e. The van der Waals surface area contributed by atoms with Crippen molar-refractivity contribution in [3.8, 4) is 0 Å². The van der Waals surface area contributed by atoms with E-state index in [9.17, 15) is 4.79 Å². The van der Waals surface area contributed by atoms with Crippen LogP contribution in [0.15, 0.2) is 24.9 Å². The van der Waals surface area contributed by atoms with E-state index >= 15 is 0 Å². The van der Waals surface area contributed by atoms with Gasteiger partial charge in [-0.25, -0.2) is 0 Å². The largest absolute Gasteiger partial charge is 0.470 e. The van der Waals surface area contributed by atoms with Gasteiger partial charge in [0.25, 0.3) is 0 Å². The molecule has 0 N–H and O–H groups in total. The highest BCUT2D eigenvalue weighted by molar-refractivity contribution is 5.77. The molecule has 0 radical (unpaired) electrons. The van der Waals surface area contributed by atoms with Crippen LogP contribution in [0.3, 0.4) is 0 Å². The Labute approximate surface area is 59.6 Å². The zero-order valence-corrected chi connectivity index (χ0v) is 5.78. The summed E-state index contributed by atoms with van der Waals surface area (Å²) in [5.74, 6) is 0.135. The van der Waals surface area contributed by atoms with Gasteiger partial charge >= 0.3 is 0 Å². The fourth-order valence-electron chi connectivity index (χ4n) is 0.684. The lowest BCUT2D eigenvalue weighted by molar-refractivity contribution is -0.117. The van der Waals surface area contributed by atoms with Gasteiger partial charge in [-0.05, 0) is 6.92 Å². The Kier molecular flexibility index (Phi) is 2.10. The zero-order chi connectivity index (χ0) is 7.40. The molecule has 1 aliphatic rings. The van der Waals surface area contributed by atoms with Gasteiger partial charge < -0.3 is 9.64 Å². The number of carbonyl (C=O) groups is 1. The van der Waals surface area contributed by atoms with E-state index in [-0.39, 0.29) is 5.78 Å². The van der Waals surface area contributed by atoms with E-state index in [0.717, 1.165) is 0 Å². The lowest BCUT2D eigenvalue weighted by Gasteiger charge is -2.14. The molecule has 0 aromatic rings. The molecule has 0 fully saturated rings. The van der Waals surface area contributed by atoms with Crippen LogP contribution < -0.4 is 0 Å². The summed E-state index contributed by atoms with van der Waals surface area (Å²) in [6, 6.07) is 0. The van der Waals surface area contributed by atoms with Crippen molar-refractivity contribution in [3.63, 3.8) is 0 Å². The van der Waals surface area contributed by atoms with E-state index in [1.54, 1.807) is 24.2 Å². The molecular formula is C7H9NO2. The highest BCUT2D eigenvalue weighted by Crippen LogP contribution is 1.98. The van der Waals surface area contributed by atoms with E-state index in [0.29, 0.717) is 6.54 Å². The Morgan fingerprint density at radius 3 is 2.60 bits per heavy atom. The molecule has 3 heteroatoms. The van der Waals surface area contributed by atoms with E-state index in [2.05, 4.69) is 0 Å². The minimum atomic E-state index is 0.135. The highest BCUT2D eigenvalue weighted by atomic mass is 16.5. The maximum absolute atomic E-state index is 10.6. The van der Waals surface area contributed by atoms with Crippen molar-refractivity contribution in [3.05, 3.63) is 24.9 Å². The predicted octanol–water partition coefficient (Wildman–Crippen LogP) is 0.850. The standard InChI is InChI=1S/C7H9NO2/c1-7(9)6-8-2-4-10-5-3-8/h2-5H,6H2,1H3. The monoisotopic (exact) mass is 139 g/mol. The van der Waals surface area contributed by atoms with Crippen molar-refractivity contribution >= 4 is 5.78 Å². The van der Waals surface area contributed by atoms with Gasteiger partial charge in [0.05, 0.1) is 6.54 Å². The smallest absolute Gasteiger partial charge is 0.149 e. The number of ketones is 1. The number of hydrogen-bond donors (Lipinski definition) is 0. The van der Waals surface area contributed by atoms with E-state index < -0.39 is 0 Å². The van der Waals surface area contributed by atoms with Crippen LogP contribution in [0.5, 0.6) is 0 Å². The normalized spacial score (nSPS) is 15.1. The molecule has 1 heterocycles. The molecule has 0 amide bonds. The molecular weight excluding hydrogens is 130 g/mol. The minimum absolute atomic E-state index is 0.135. The summed E-state index contributed by atoms with van der Waals surface area (Å²) < 4.78 is 4.77. The van der Waals surface area contributed by atoms with Gasteiger partial charge in [0.2, 0.25) is 0 Å². The van der Waals surface area contributed by atoms with Crippen molar-refractivity contribution in [2.75, 3.05) is 6.54 Å². The van der Waals surface area contributed by atoms with Crippen molar-refractivity contribution < 1.29 is 9.53 Å². The molecule has 0 saturated heterocycles. The number of Topliss-reactive ketones (excluding diaryl/α,β-unsaturated/α-hetero) is 1. The summed E-state index contributed by atoms with van der Waals surface area (Å²) >= 11 is 0. The Morgan fingerprint density at radius 1 is 1.50 bits per heavy atom. The number of hydrogen-bond acceptors (Lipinski definition) is 3.